The van der Waals surface area contributed by atoms with E-state index < -0.39 is 0 Å². The third-order valence-electron chi connectivity index (χ3n) is 5.29. The standard InChI is InChI=1S/C18H27ClN2/c1-15-6-2-5-9-18(15)21-12-10-20(11-13-21)14-16-7-3-4-8-17(16)19/h3-4,7-8,15,18H,2,5-6,9-14H2,1H3. The lowest BCUT2D eigenvalue weighted by Gasteiger charge is -2.43. The molecule has 2 unspecified atom stereocenters. The van der Waals surface area contributed by atoms with Crippen LogP contribution in [0.1, 0.15) is 38.2 Å². The van der Waals surface area contributed by atoms with Crippen LogP contribution in [0, 0.1) is 5.92 Å². The molecule has 0 N–H and O–H groups in total. The molecule has 1 saturated heterocycles. The van der Waals surface area contributed by atoms with Crippen molar-refractivity contribution >= 4 is 11.6 Å². The molecule has 1 aliphatic carbocycles. The first-order chi connectivity index (χ1) is 10.2. The molecule has 0 spiro atoms. The molecule has 0 aromatic heterocycles. The molecule has 3 heteroatoms. The molecule has 3 rings (SSSR count). The molecule has 1 aromatic rings. The topological polar surface area (TPSA) is 6.48 Å². The summed E-state index contributed by atoms with van der Waals surface area (Å²) < 4.78 is 0. The number of rotatable bonds is 3. The van der Waals surface area contributed by atoms with Crippen LogP contribution in [-0.4, -0.2) is 42.0 Å². The van der Waals surface area contributed by atoms with Gasteiger partial charge in [-0.3, -0.25) is 9.80 Å². The number of piperazine rings is 1. The molecule has 0 radical (unpaired) electrons. The summed E-state index contributed by atoms with van der Waals surface area (Å²) in [6.07, 6.45) is 5.69. The van der Waals surface area contributed by atoms with Gasteiger partial charge in [-0.2, -0.15) is 0 Å². The van der Waals surface area contributed by atoms with Crippen molar-refractivity contribution in [2.75, 3.05) is 26.2 Å². The molecular formula is C18H27ClN2. The van der Waals surface area contributed by atoms with Crippen LogP contribution in [0.4, 0.5) is 0 Å². The highest BCUT2D eigenvalue weighted by molar-refractivity contribution is 6.31. The summed E-state index contributed by atoms with van der Waals surface area (Å²) in [4.78, 5) is 5.29. The molecule has 2 nitrogen and oxygen atoms in total. The van der Waals surface area contributed by atoms with Gasteiger partial charge in [0, 0.05) is 43.8 Å². The van der Waals surface area contributed by atoms with Gasteiger partial charge in [-0.05, 0) is 30.4 Å². The van der Waals surface area contributed by atoms with Crippen molar-refractivity contribution in [3.05, 3.63) is 34.9 Å². The van der Waals surface area contributed by atoms with Crippen LogP contribution in [-0.2, 0) is 6.54 Å². The van der Waals surface area contributed by atoms with Gasteiger partial charge in [0.1, 0.15) is 0 Å². The minimum Gasteiger partial charge on any atom is -0.298 e. The lowest BCUT2D eigenvalue weighted by Crippen LogP contribution is -2.52. The summed E-state index contributed by atoms with van der Waals surface area (Å²) in [6, 6.07) is 9.07. The molecule has 1 saturated carbocycles. The van der Waals surface area contributed by atoms with E-state index in [9.17, 15) is 0 Å². The van der Waals surface area contributed by atoms with E-state index in [0.29, 0.717) is 0 Å². The molecule has 1 heterocycles. The zero-order valence-corrected chi connectivity index (χ0v) is 13.9. The Kier molecular flexibility index (Phi) is 5.20. The first-order valence-corrected chi connectivity index (χ1v) is 8.81. The number of hydrogen-bond acceptors (Lipinski definition) is 2. The SMILES string of the molecule is CC1CCCCC1N1CCN(Cc2ccccc2Cl)CC1. The van der Waals surface area contributed by atoms with Crippen molar-refractivity contribution < 1.29 is 0 Å². The van der Waals surface area contributed by atoms with Gasteiger partial charge in [0.25, 0.3) is 0 Å². The largest absolute Gasteiger partial charge is 0.298 e. The fourth-order valence-electron chi connectivity index (χ4n) is 3.96. The van der Waals surface area contributed by atoms with Gasteiger partial charge >= 0.3 is 0 Å². The lowest BCUT2D eigenvalue weighted by molar-refractivity contribution is 0.0518. The summed E-state index contributed by atoms with van der Waals surface area (Å²) in [5.74, 6) is 0.883. The van der Waals surface area contributed by atoms with Crippen LogP contribution in [0.2, 0.25) is 5.02 Å². The van der Waals surface area contributed by atoms with E-state index in [1.165, 1.54) is 57.4 Å². The Morgan fingerprint density at radius 2 is 1.76 bits per heavy atom. The van der Waals surface area contributed by atoms with E-state index >= 15 is 0 Å². The van der Waals surface area contributed by atoms with E-state index in [2.05, 4.69) is 28.9 Å². The molecule has 116 valence electrons. The number of benzene rings is 1. The Bertz CT molecular complexity index is 454. The molecular weight excluding hydrogens is 280 g/mol. The quantitative estimate of drug-likeness (QED) is 0.831. The van der Waals surface area contributed by atoms with Crippen LogP contribution >= 0.6 is 11.6 Å². The van der Waals surface area contributed by atoms with Gasteiger partial charge in [0.05, 0.1) is 0 Å². The van der Waals surface area contributed by atoms with E-state index in [4.69, 9.17) is 11.6 Å². The summed E-state index contributed by atoms with van der Waals surface area (Å²) in [5.41, 5.74) is 1.26. The maximum atomic E-state index is 6.28. The van der Waals surface area contributed by atoms with E-state index in [-0.39, 0.29) is 0 Å². The number of nitrogens with zero attached hydrogens (tertiary/aromatic N) is 2. The lowest BCUT2D eigenvalue weighted by atomic mass is 9.84. The third kappa shape index (κ3) is 3.80. The minimum absolute atomic E-state index is 0.834. The highest BCUT2D eigenvalue weighted by Gasteiger charge is 2.29. The van der Waals surface area contributed by atoms with Crippen molar-refractivity contribution in [3.8, 4) is 0 Å². The first kappa shape index (κ1) is 15.3. The van der Waals surface area contributed by atoms with Crippen molar-refractivity contribution in [2.45, 2.75) is 45.2 Å². The summed E-state index contributed by atoms with van der Waals surface area (Å²) in [7, 11) is 0. The van der Waals surface area contributed by atoms with Crippen LogP contribution in [0.25, 0.3) is 0 Å². The second-order valence-electron chi connectivity index (χ2n) is 6.73. The van der Waals surface area contributed by atoms with Gasteiger partial charge in [0.15, 0.2) is 0 Å². The molecule has 2 aliphatic rings. The van der Waals surface area contributed by atoms with Crippen LogP contribution in [0.3, 0.4) is 0 Å². The molecule has 21 heavy (non-hydrogen) atoms. The van der Waals surface area contributed by atoms with E-state index in [1.54, 1.807) is 0 Å². The molecule has 0 amide bonds. The highest BCUT2D eigenvalue weighted by Crippen LogP contribution is 2.29. The first-order valence-electron chi connectivity index (χ1n) is 8.44. The number of halogens is 1. The van der Waals surface area contributed by atoms with Crippen LogP contribution in [0.15, 0.2) is 24.3 Å². The predicted octanol–water partition coefficient (Wildman–Crippen LogP) is 4.04. The second kappa shape index (κ2) is 7.13. The fraction of sp³-hybridized carbons (Fsp3) is 0.667. The Balaban J connectivity index is 1.52. The third-order valence-corrected chi connectivity index (χ3v) is 5.66. The van der Waals surface area contributed by atoms with Gasteiger partial charge in [-0.1, -0.05) is 49.6 Å². The maximum absolute atomic E-state index is 6.28. The zero-order valence-electron chi connectivity index (χ0n) is 13.1. The zero-order chi connectivity index (χ0) is 14.7. The Morgan fingerprint density at radius 1 is 1.05 bits per heavy atom. The summed E-state index contributed by atoms with van der Waals surface area (Å²) >= 11 is 6.28. The number of hydrogen-bond donors (Lipinski definition) is 0. The minimum atomic E-state index is 0.834. The van der Waals surface area contributed by atoms with Crippen molar-refractivity contribution in [1.82, 2.24) is 9.80 Å². The normalized spacial score (nSPS) is 28.7. The molecule has 1 aromatic carbocycles. The monoisotopic (exact) mass is 306 g/mol. The molecule has 2 fully saturated rings. The van der Waals surface area contributed by atoms with Crippen molar-refractivity contribution in [3.63, 3.8) is 0 Å². The van der Waals surface area contributed by atoms with Gasteiger partial charge in [-0.25, -0.2) is 0 Å². The Labute approximate surface area is 134 Å². The van der Waals surface area contributed by atoms with E-state index in [1.807, 2.05) is 12.1 Å². The molecule has 2 atom stereocenters. The van der Waals surface area contributed by atoms with Crippen molar-refractivity contribution in [2.24, 2.45) is 5.92 Å². The smallest absolute Gasteiger partial charge is 0.0451 e. The van der Waals surface area contributed by atoms with Crippen molar-refractivity contribution in [1.29, 1.82) is 0 Å². The predicted molar refractivity (Wildman–Crippen MR) is 89.7 cm³/mol. The van der Waals surface area contributed by atoms with Gasteiger partial charge in [-0.15, -0.1) is 0 Å². The average molecular weight is 307 g/mol. The van der Waals surface area contributed by atoms with Gasteiger partial charge < -0.3 is 0 Å². The fourth-order valence-corrected chi connectivity index (χ4v) is 4.16. The van der Waals surface area contributed by atoms with E-state index in [0.717, 1.165) is 23.5 Å². The Hall–Kier alpha value is -0.570. The molecule has 1 aliphatic heterocycles. The van der Waals surface area contributed by atoms with Crippen LogP contribution in [0.5, 0.6) is 0 Å². The Morgan fingerprint density at radius 3 is 2.48 bits per heavy atom. The average Bonchev–Trinajstić information content (AvgIpc) is 2.51. The maximum Gasteiger partial charge on any atom is 0.0451 e. The summed E-state index contributed by atoms with van der Waals surface area (Å²) in [5, 5.41) is 0.904. The second-order valence-corrected chi connectivity index (χ2v) is 7.14. The van der Waals surface area contributed by atoms with Crippen LogP contribution < -0.4 is 0 Å². The highest BCUT2D eigenvalue weighted by atomic mass is 35.5. The summed E-state index contributed by atoms with van der Waals surface area (Å²) in [6.45, 7) is 8.23. The van der Waals surface area contributed by atoms with Gasteiger partial charge in [0.2, 0.25) is 0 Å². The molecule has 0 bridgehead atoms.